The van der Waals surface area contributed by atoms with Crippen LogP contribution in [-0.2, 0) is 20.1 Å². The van der Waals surface area contributed by atoms with Crippen molar-refractivity contribution >= 4 is 21.6 Å². The molecule has 0 atom stereocenters. The summed E-state index contributed by atoms with van der Waals surface area (Å²) in [6.45, 7) is -1.05. The molecule has 114 valence electrons. The molecule has 21 heavy (non-hydrogen) atoms. The average molecular weight is 366 g/mol. The summed E-state index contributed by atoms with van der Waals surface area (Å²) in [6, 6.07) is 0. The molecule has 0 saturated carbocycles. The fourth-order valence-electron chi connectivity index (χ4n) is 1.63. The fourth-order valence-corrected chi connectivity index (χ4v) is 2.08. The predicted octanol–water partition coefficient (Wildman–Crippen LogP) is 1.91. The van der Waals surface area contributed by atoms with Crippen LogP contribution in [0, 0.1) is 0 Å². The lowest BCUT2D eigenvalue weighted by Gasteiger charge is -2.11. The monoisotopic (exact) mass is 365 g/mol. The number of nitrogens with one attached hydrogen (secondary N) is 1. The first-order valence-electron chi connectivity index (χ1n) is 5.80. The van der Waals surface area contributed by atoms with Crippen molar-refractivity contribution in [1.82, 2.24) is 19.6 Å². The van der Waals surface area contributed by atoms with Gasteiger partial charge in [-0.25, -0.2) is 4.68 Å². The van der Waals surface area contributed by atoms with E-state index in [0.29, 0.717) is 16.9 Å². The quantitative estimate of drug-likeness (QED) is 0.898. The lowest BCUT2D eigenvalue weighted by molar-refractivity contribution is -0.143. The molecular weight excluding hydrogens is 355 g/mol. The molecule has 0 spiro atoms. The van der Waals surface area contributed by atoms with E-state index in [1.807, 2.05) is 0 Å². The number of nitrogens with zero attached hydrogens (tertiary/aromatic N) is 4. The smallest absolute Gasteiger partial charge is 0.378 e. The Kier molecular flexibility index (Phi) is 4.35. The third-order valence-electron chi connectivity index (χ3n) is 2.56. The fraction of sp³-hybridized carbons (Fsp3) is 0.364. The molecule has 0 aromatic carbocycles. The van der Waals surface area contributed by atoms with Crippen molar-refractivity contribution in [2.24, 2.45) is 7.05 Å². The summed E-state index contributed by atoms with van der Waals surface area (Å²) in [5.41, 5.74) is 0.342. The van der Waals surface area contributed by atoms with Gasteiger partial charge in [-0.3, -0.25) is 9.48 Å². The number of alkyl halides is 3. The van der Waals surface area contributed by atoms with Crippen molar-refractivity contribution in [1.29, 1.82) is 0 Å². The van der Waals surface area contributed by atoms with Crippen LogP contribution in [0.5, 0.6) is 0 Å². The van der Waals surface area contributed by atoms with E-state index >= 15 is 0 Å². The summed E-state index contributed by atoms with van der Waals surface area (Å²) >= 11 is 2.99. The number of aryl methyl sites for hydroxylation is 1. The van der Waals surface area contributed by atoms with Crippen LogP contribution >= 0.6 is 15.9 Å². The van der Waals surface area contributed by atoms with Gasteiger partial charge in [-0.05, 0) is 15.9 Å². The third kappa shape index (κ3) is 4.06. The molecule has 0 aliphatic carbocycles. The van der Waals surface area contributed by atoms with Crippen molar-refractivity contribution in [2.45, 2.75) is 19.3 Å². The maximum Gasteiger partial charge on any atom is 0.408 e. The molecule has 0 unspecified atom stereocenters. The zero-order chi connectivity index (χ0) is 15.6. The lowest BCUT2D eigenvalue weighted by atomic mass is 10.3. The van der Waals surface area contributed by atoms with Crippen LogP contribution in [0.3, 0.4) is 0 Å². The van der Waals surface area contributed by atoms with Crippen LogP contribution in [0.25, 0.3) is 0 Å². The highest BCUT2D eigenvalue weighted by Gasteiger charge is 2.29. The largest absolute Gasteiger partial charge is 0.408 e. The molecule has 0 bridgehead atoms. The van der Waals surface area contributed by atoms with Crippen LogP contribution in [0.4, 0.5) is 18.9 Å². The first kappa shape index (κ1) is 15.5. The van der Waals surface area contributed by atoms with Crippen molar-refractivity contribution < 1.29 is 13.2 Å². The Morgan fingerprint density at radius 3 is 2.62 bits per heavy atom. The summed E-state index contributed by atoms with van der Waals surface area (Å²) in [5, 5.41) is 10.4. The second-order valence-corrected chi connectivity index (χ2v) is 5.12. The number of aromatic nitrogens is 4. The van der Waals surface area contributed by atoms with Gasteiger partial charge in [0, 0.05) is 25.4 Å². The molecule has 0 fully saturated rings. The van der Waals surface area contributed by atoms with Crippen LogP contribution in [0.2, 0.25) is 0 Å². The third-order valence-corrected chi connectivity index (χ3v) is 3.32. The van der Waals surface area contributed by atoms with Gasteiger partial charge in [0.2, 0.25) is 0 Å². The van der Waals surface area contributed by atoms with Crippen molar-refractivity contribution in [3.05, 3.63) is 39.0 Å². The molecule has 6 nitrogen and oxygen atoms in total. The molecule has 10 heteroatoms. The Morgan fingerprint density at radius 2 is 2.05 bits per heavy atom. The van der Waals surface area contributed by atoms with Gasteiger partial charge >= 0.3 is 6.18 Å². The molecule has 2 aromatic heterocycles. The second kappa shape index (κ2) is 5.88. The van der Waals surface area contributed by atoms with Gasteiger partial charge in [-0.2, -0.15) is 23.4 Å². The van der Waals surface area contributed by atoms with Gasteiger partial charge in [0.15, 0.2) is 0 Å². The maximum absolute atomic E-state index is 12.3. The van der Waals surface area contributed by atoms with Gasteiger partial charge in [0.1, 0.15) is 11.0 Å². The Morgan fingerprint density at radius 1 is 1.33 bits per heavy atom. The Hall–Kier alpha value is -1.84. The Labute approximate surface area is 125 Å². The molecule has 0 amide bonds. The molecule has 1 N–H and O–H groups in total. The van der Waals surface area contributed by atoms with E-state index in [2.05, 4.69) is 31.4 Å². The normalized spacial score (nSPS) is 11.7. The van der Waals surface area contributed by atoms with Gasteiger partial charge in [-0.15, -0.1) is 0 Å². The maximum atomic E-state index is 12.3. The second-order valence-electron chi connectivity index (χ2n) is 4.33. The Bertz CT molecular complexity index is 694. The Balaban J connectivity index is 2.15. The van der Waals surface area contributed by atoms with E-state index in [1.54, 1.807) is 24.1 Å². The zero-order valence-corrected chi connectivity index (χ0v) is 12.4. The summed E-state index contributed by atoms with van der Waals surface area (Å²) < 4.78 is 38.8. The molecule has 2 rings (SSSR count). The van der Waals surface area contributed by atoms with Crippen LogP contribution in [0.1, 0.15) is 5.56 Å². The highest BCUT2D eigenvalue weighted by atomic mass is 79.9. The molecule has 0 saturated heterocycles. The van der Waals surface area contributed by atoms with Gasteiger partial charge in [0.05, 0.1) is 18.1 Å². The first-order chi connectivity index (χ1) is 9.76. The number of halogens is 4. The molecule has 0 aliphatic heterocycles. The van der Waals surface area contributed by atoms with E-state index in [1.165, 1.54) is 6.20 Å². The van der Waals surface area contributed by atoms with Crippen molar-refractivity contribution in [3.8, 4) is 0 Å². The minimum absolute atomic E-state index is 0.00522. The first-order valence-corrected chi connectivity index (χ1v) is 6.59. The lowest BCUT2D eigenvalue weighted by Crippen LogP contribution is -2.31. The SMILES string of the molecule is Cn1cc(CNc2cnn(CC(F)(F)F)c(=O)c2Br)cn1. The topological polar surface area (TPSA) is 64.7 Å². The summed E-state index contributed by atoms with van der Waals surface area (Å²) in [4.78, 5) is 11.8. The minimum atomic E-state index is -4.50. The van der Waals surface area contributed by atoms with Gasteiger partial charge in [-0.1, -0.05) is 0 Å². The van der Waals surface area contributed by atoms with Crippen LogP contribution in [-0.4, -0.2) is 25.7 Å². The predicted molar refractivity (Wildman–Crippen MR) is 72.8 cm³/mol. The number of hydrogen-bond acceptors (Lipinski definition) is 4. The van der Waals surface area contributed by atoms with Crippen molar-refractivity contribution in [2.75, 3.05) is 5.32 Å². The van der Waals surface area contributed by atoms with Crippen LogP contribution in [0.15, 0.2) is 27.9 Å². The average Bonchev–Trinajstić information content (AvgIpc) is 2.79. The van der Waals surface area contributed by atoms with E-state index in [9.17, 15) is 18.0 Å². The highest BCUT2D eigenvalue weighted by molar-refractivity contribution is 9.10. The van der Waals surface area contributed by atoms with Crippen LogP contribution < -0.4 is 10.9 Å². The summed E-state index contributed by atoms with van der Waals surface area (Å²) in [5.74, 6) is 0. The number of rotatable bonds is 4. The summed E-state index contributed by atoms with van der Waals surface area (Å²) in [6.07, 6.45) is 0.0902. The number of hydrogen-bond donors (Lipinski definition) is 1. The molecule has 0 radical (unpaired) electrons. The molecule has 0 aliphatic rings. The van der Waals surface area contributed by atoms with Crippen molar-refractivity contribution in [3.63, 3.8) is 0 Å². The zero-order valence-electron chi connectivity index (χ0n) is 10.9. The van der Waals surface area contributed by atoms with E-state index in [0.717, 1.165) is 5.56 Å². The molecule has 2 heterocycles. The van der Waals surface area contributed by atoms with Gasteiger partial charge in [0.25, 0.3) is 5.56 Å². The van der Waals surface area contributed by atoms with Gasteiger partial charge < -0.3 is 5.32 Å². The molecule has 2 aromatic rings. The van der Waals surface area contributed by atoms with E-state index in [4.69, 9.17) is 0 Å². The minimum Gasteiger partial charge on any atom is -0.378 e. The molecular formula is C11H11BrF3N5O. The number of anilines is 1. The van der Waals surface area contributed by atoms with E-state index < -0.39 is 18.3 Å². The standard InChI is InChI=1S/C11H11BrF3N5O/c1-19-5-7(3-17-19)2-16-8-4-18-20(6-11(13,14)15)10(21)9(8)12/h3-5,16H,2,6H2,1H3. The highest BCUT2D eigenvalue weighted by Crippen LogP contribution is 2.20. The van der Waals surface area contributed by atoms with E-state index in [-0.39, 0.29) is 4.47 Å². The summed E-state index contributed by atoms with van der Waals surface area (Å²) in [7, 11) is 1.76.